The molecule has 1 atom stereocenters. The molecule has 2 nitrogen and oxygen atoms in total. The van der Waals surface area contributed by atoms with Crippen molar-refractivity contribution < 1.29 is 0 Å². The molecular weight excluding hydrogens is 160 g/mol. The van der Waals surface area contributed by atoms with Crippen molar-refractivity contribution in [3.63, 3.8) is 0 Å². The topological polar surface area (TPSA) is 15.3 Å². The van der Waals surface area contributed by atoms with Crippen LogP contribution in [0.4, 0.5) is 0 Å². The molecule has 0 saturated carbocycles. The van der Waals surface area contributed by atoms with Crippen LogP contribution in [0.1, 0.15) is 40.5 Å². The van der Waals surface area contributed by atoms with Gasteiger partial charge in [-0.05, 0) is 53.6 Å². The molecule has 1 saturated heterocycles. The molecule has 0 bridgehead atoms. The van der Waals surface area contributed by atoms with Crippen molar-refractivity contribution in [3.05, 3.63) is 0 Å². The first-order valence-electron chi connectivity index (χ1n) is 5.47. The minimum atomic E-state index is 0.249. The van der Waals surface area contributed by atoms with Gasteiger partial charge in [-0.25, -0.2) is 0 Å². The van der Waals surface area contributed by atoms with Crippen molar-refractivity contribution in [1.29, 1.82) is 0 Å². The second-order valence-electron chi connectivity index (χ2n) is 5.30. The molecule has 2 heteroatoms. The standard InChI is InChI=1S/C11H24N2/c1-10(12-11(2,3)4)9-13-7-5-6-8-13/h10,12H,5-9H2,1-4H3. The highest BCUT2D eigenvalue weighted by Gasteiger charge is 2.18. The number of hydrogen-bond acceptors (Lipinski definition) is 2. The summed E-state index contributed by atoms with van der Waals surface area (Å²) in [5, 5.41) is 3.60. The summed E-state index contributed by atoms with van der Waals surface area (Å²) in [5.74, 6) is 0. The lowest BCUT2D eigenvalue weighted by Gasteiger charge is -2.29. The lowest BCUT2D eigenvalue weighted by atomic mass is 10.1. The number of hydrogen-bond donors (Lipinski definition) is 1. The summed E-state index contributed by atoms with van der Waals surface area (Å²) < 4.78 is 0. The molecule has 0 amide bonds. The molecule has 0 aliphatic carbocycles. The minimum Gasteiger partial charge on any atom is -0.308 e. The first kappa shape index (κ1) is 11.0. The van der Waals surface area contributed by atoms with E-state index in [9.17, 15) is 0 Å². The predicted octanol–water partition coefficient (Wildman–Crippen LogP) is 1.86. The summed E-state index contributed by atoms with van der Waals surface area (Å²) in [6.45, 7) is 12.8. The van der Waals surface area contributed by atoms with E-state index < -0.39 is 0 Å². The predicted molar refractivity (Wildman–Crippen MR) is 58.0 cm³/mol. The highest BCUT2D eigenvalue weighted by Crippen LogP contribution is 2.09. The van der Waals surface area contributed by atoms with E-state index in [1.54, 1.807) is 0 Å². The Balaban J connectivity index is 2.20. The Morgan fingerprint density at radius 2 is 1.77 bits per heavy atom. The Morgan fingerprint density at radius 3 is 2.23 bits per heavy atom. The second-order valence-corrected chi connectivity index (χ2v) is 5.30. The normalized spacial score (nSPS) is 22.2. The molecule has 1 N–H and O–H groups in total. The lowest BCUT2D eigenvalue weighted by Crippen LogP contribution is -2.47. The van der Waals surface area contributed by atoms with E-state index in [0.29, 0.717) is 6.04 Å². The van der Waals surface area contributed by atoms with Gasteiger partial charge in [-0.15, -0.1) is 0 Å². The van der Waals surface area contributed by atoms with E-state index in [0.717, 1.165) is 0 Å². The van der Waals surface area contributed by atoms with E-state index >= 15 is 0 Å². The summed E-state index contributed by atoms with van der Waals surface area (Å²) in [6.07, 6.45) is 2.78. The summed E-state index contributed by atoms with van der Waals surface area (Å²) >= 11 is 0. The fourth-order valence-corrected chi connectivity index (χ4v) is 2.14. The summed E-state index contributed by atoms with van der Waals surface area (Å²) in [7, 11) is 0. The maximum Gasteiger partial charge on any atom is 0.0171 e. The van der Waals surface area contributed by atoms with E-state index in [2.05, 4.69) is 37.9 Å². The van der Waals surface area contributed by atoms with Crippen LogP contribution in [-0.4, -0.2) is 36.1 Å². The van der Waals surface area contributed by atoms with Crippen LogP contribution in [0.2, 0.25) is 0 Å². The van der Waals surface area contributed by atoms with Crippen LogP contribution in [0.25, 0.3) is 0 Å². The van der Waals surface area contributed by atoms with Crippen LogP contribution in [0.5, 0.6) is 0 Å². The molecular formula is C11H24N2. The summed E-state index contributed by atoms with van der Waals surface area (Å²) in [6, 6.07) is 0.609. The molecule has 1 fully saturated rings. The highest BCUT2D eigenvalue weighted by atomic mass is 15.2. The minimum absolute atomic E-state index is 0.249. The van der Waals surface area contributed by atoms with Crippen LogP contribution in [0.3, 0.4) is 0 Å². The zero-order chi connectivity index (χ0) is 9.90. The van der Waals surface area contributed by atoms with Gasteiger partial charge in [0, 0.05) is 18.1 Å². The van der Waals surface area contributed by atoms with Crippen LogP contribution in [0.15, 0.2) is 0 Å². The Bertz CT molecular complexity index is 143. The lowest BCUT2D eigenvalue weighted by molar-refractivity contribution is 0.266. The molecule has 0 aromatic carbocycles. The molecule has 1 aliphatic rings. The number of likely N-dealkylation sites (tertiary alicyclic amines) is 1. The third-order valence-electron chi connectivity index (χ3n) is 2.41. The zero-order valence-electron chi connectivity index (χ0n) is 9.56. The van der Waals surface area contributed by atoms with Crippen molar-refractivity contribution in [2.24, 2.45) is 0 Å². The fraction of sp³-hybridized carbons (Fsp3) is 1.00. The largest absolute Gasteiger partial charge is 0.308 e. The molecule has 78 valence electrons. The molecule has 0 aromatic heterocycles. The van der Waals surface area contributed by atoms with Crippen LogP contribution < -0.4 is 5.32 Å². The molecule has 0 radical (unpaired) electrons. The maximum atomic E-state index is 3.60. The van der Waals surface area contributed by atoms with Gasteiger partial charge in [0.25, 0.3) is 0 Å². The third kappa shape index (κ3) is 4.63. The first-order chi connectivity index (χ1) is 5.97. The highest BCUT2D eigenvalue weighted by molar-refractivity contribution is 4.78. The summed E-state index contributed by atoms with van der Waals surface area (Å²) in [5.41, 5.74) is 0.249. The van der Waals surface area contributed by atoms with Crippen molar-refractivity contribution in [1.82, 2.24) is 10.2 Å². The molecule has 1 unspecified atom stereocenters. The Hall–Kier alpha value is -0.0800. The van der Waals surface area contributed by atoms with Gasteiger partial charge in [0.15, 0.2) is 0 Å². The smallest absolute Gasteiger partial charge is 0.0171 e. The van der Waals surface area contributed by atoms with E-state index in [4.69, 9.17) is 0 Å². The average molecular weight is 184 g/mol. The van der Waals surface area contributed by atoms with Gasteiger partial charge in [-0.3, -0.25) is 0 Å². The Morgan fingerprint density at radius 1 is 1.23 bits per heavy atom. The van der Waals surface area contributed by atoms with Gasteiger partial charge >= 0.3 is 0 Å². The summed E-state index contributed by atoms with van der Waals surface area (Å²) in [4.78, 5) is 2.56. The monoisotopic (exact) mass is 184 g/mol. The number of nitrogens with one attached hydrogen (secondary N) is 1. The van der Waals surface area contributed by atoms with Gasteiger partial charge in [-0.1, -0.05) is 0 Å². The molecule has 0 aromatic rings. The zero-order valence-corrected chi connectivity index (χ0v) is 9.56. The quantitative estimate of drug-likeness (QED) is 0.720. The van der Waals surface area contributed by atoms with Gasteiger partial charge in [0.1, 0.15) is 0 Å². The van der Waals surface area contributed by atoms with E-state index in [1.165, 1.54) is 32.5 Å². The number of rotatable bonds is 3. The van der Waals surface area contributed by atoms with Gasteiger partial charge in [0.2, 0.25) is 0 Å². The van der Waals surface area contributed by atoms with Crippen molar-refractivity contribution in [2.45, 2.75) is 52.1 Å². The van der Waals surface area contributed by atoms with Crippen molar-refractivity contribution >= 4 is 0 Å². The van der Waals surface area contributed by atoms with Crippen LogP contribution in [-0.2, 0) is 0 Å². The fourth-order valence-electron chi connectivity index (χ4n) is 2.14. The Labute approximate surface area is 82.7 Å². The first-order valence-corrected chi connectivity index (χ1v) is 5.47. The van der Waals surface area contributed by atoms with Crippen LogP contribution in [0, 0.1) is 0 Å². The Kier molecular flexibility index (Phi) is 3.74. The van der Waals surface area contributed by atoms with Crippen molar-refractivity contribution in [2.75, 3.05) is 19.6 Å². The average Bonchev–Trinajstić information content (AvgIpc) is 2.34. The maximum absolute atomic E-state index is 3.60. The number of nitrogens with zero attached hydrogens (tertiary/aromatic N) is 1. The SMILES string of the molecule is CC(CN1CCCC1)NC(C)(C)C. The molecule has 1 heterocycles. The third-order valence-corrected chi connectivity index (χ3v) is 2.41. The molecule has 1 aliphatic heterocycles. The molecule has 1 rings (SSSR count). The van der Waals surface area contributed by atoms with Crippen LogP contribution >= 0.6 is 0 Å². The van der Waals surface area contributed by atoms with Gasteiger partial charge in [-0.2, -0.15) is 0 Å². The van der Waals surface area contributed by atoms with E-state index in [-0.39, 0.29) is 5.54 Å². The van der Waals surface area contributed by atoms with Gasteiger partial charge < -0.3 is 10.2 Å². The molecule has 0 spiro atoms. The van der Waals surface area contributed by atoms with Gasteiger partial charge in [0.05, 0.1) is 0 Å². The second kappa shape index (κ2) is 4.43. The molecule has 13 heavy (non-hydrogen) atoms. The van der Waals surface area contributed by atoms with Crippen molar-refractivity contribution in [3.8, 4) is 0 Å². The van der Waals surface area contributed by atoms with E-state index in [1.807, 2.05) is 0 Å².